The van der Waals surface area contributed by atoms with Crippen molar-refractivity contribution in [3.05, 3.63) is 65.2 Å². The molecule has 3 rings (SSSR count). The van der Waals surface area contributed by atoms with E-state index in [1.807, 2.05) is 68.4 Å². The number of para-hydroxylation sites is 1. The summed E-state index contributed by atoms with van der Waals surface area (Å²) in [5, 5.41) is 0.860. The first kappa shape index (κ1) is 20.0. The number of esters is 1. The van der Waals surface area contributed by atoms with Crippen LogP contribution in [0.4, 0.5) is 0 Å². The Kier molecular flexibility index (Phi) is 6.41. The minimum Gasteiger partial charge on any atom is -0.455 e. The Balaban J connectivity index is 1.61. The van der Waals surface area contributed by atoms with Crippen molar-refractivity contribution in [2.45, 2.75) is 32.2 Å². The maximum atomic E-state index is 12.6. The van der Waals surface area contributed by atoms with Gasteiger partial charge >= 0.3 is 5.97 Å². The highest BCUT2D eigenvalue weighted by atomic mass is 32.1. The van der Waals surface area contributed by atoms with Crippen LogP contribution < -0.4 is 0 Å². The molecule has 2 aromatic carbocycles. The second-order valence-corrected chi connectivity index (χ2v) is 7.74. The molecule has 0 aliphatic heterocycles. The highest BCUT2D eigenvalue weighted by Gasteiger charge is 2.24. The molecule has 0 saturated heterocycles. The monoisotopic (exact) mass is 396 g/mol. The van der Waals surface area contributed by atoms with Crippen molar-refractivity contribution < 1.29 is 14.3 Å². The average Bonchev–Trinajstić information content (AvgIpc) is 3.16. The van der Waals surface area contributed by atoms with E-state index < -0.39 is 0 Å². The predicted molar refractivity (Wildman–Crippen MR) is 111 cm³/mol. The standard InChI is InChI=1S/C22H24N2O3S/c1-4-17(16-10-6-5-7-11-16)22(26)27-14-20(25)24(3)15(2)21-23-18-12-8-9-13-19(18)28-21/h5-13,15,17H,4,14H2,1-3H3/t15-,17-/m1/s1. The van der Waals surface area contributed by atoms with Gasteiger partial charge in [0.25, 0.3) is 5.91 Å². The molecule has 1 amide bonds. The largest absolute Gasteiger partial charge is 0.455 e. The third-order valence-corrected chi connectivity index (χ3v) is 6.08. The van der Waals surface area contributed by atoms with Crippen LogP contribution in [-0.4, -0.2) is 35.4 Å². The van der Waals surface area contributed by atoms with Gasteiger partial charge in [0.15, 0.2) is 6.61 Å². The molecule has 3 aromatic rings. The third kappa shape index (κ3) is 4.39. The molecule has 0 bridgehead atoms. The lowest BCUT2D eigenvalue weighted by Crippen LogP contribution is -2.34. The van der Waals surface area contributed by atoms with E-state index in [0.717, 1.165) is 20.8 Å². The summed E-state index contributed by atoms with van der Waals surface area (Å²) in [6.07, 6.45) is 0.620. The van der Waals surface area contributed by atoms with E-state index in [1.54, 1.807) is 23.3 Å². The maximum Gasteiger partial charge on any atom is 0.313 e. The fourth-order valence-electron chi connectivity index (χ4n) is 3.01. The number of amides is 1. The molecule has 0 N–H and O–H groups in total. The Bertz CT molecular complexity index is 922. The Morgan fingerprint density at radius 2 is 1.79 bits per heavy atom. The van der Waals surface area contributed by atoms with Gasteiger partial charge in [-0.25, -0.2) is 4.98 Å². The highest BCUT2D eigenvalue weighted by Crippen LogP contribution is 2.29. The Labute approximate surface area is 169 Å². The quantitative estimate of drug-likeness (QED) is 0.550. The van der Waals surface area contributed by atoms with Gasteiger partial charge in [-0.15, -0.1) is 11.3 Å². The van der Waals surface area contributed by atoms with E-state index in [2.05, 4.69) is 4.98 Å². The number of nitrogens with zero attached hydrogens (tertiary/aromatic N) is 2. The van der Waals surface area contributed by atoms with Crippen LogP contribution in [-0.2, 0) is 14.3 Å². The van der Waals surface area contributed by atoms with Crippen LogP contribution >= 0.6 is 11.3 Å². The lowest BCUT2D eigenvalue weighted by Gasteiger charge is -2.23. The van der Waals surface area contributed by atoms with Crippen molar-refractivity contribution in [2.24, 2.45) is 0 Å². The molecular formula is C22H24N2O3S. The molecule has 6 heteroatoms. The van der Waals surface area contributed by atoms with Crippen LogP contribution in [0.25, 0.3) is 10.2 Å². The van der Waals surface area contributed by atoms with Crippen molar-refractivity contribution in [3.8, 4) is 0 Å². The van der Waals surface area contributed by atoms with E-state index in [-0.39, 0.29) is 30.4 Å². The number of thiazole rings is 1. The fourth-order valence-corrected chi connectivity index (χ4v) is 4.07. The Morgan fingerprint density at radius 3 is 2.46 bits per heavy atom. The maximum absolute atomic E-state index is 12.6. The number of carbonyl (C=O) groups is 2. The van der Waals surface area contributed by atoms with Gasteiger partial charge in [-0.2, -0.15) is 0 Å². The first-order chi connectivity index (χ1) is 13.5. The van der Waals surface area contributed by atoms with Crippen molar-refractivity contribution in [3.63, 3.8) is 0 Å². The molecule has 0 radical (unpaired) electrons. The summed E-state index contributed by atoms with van der Waals surface area (Å²) in [5.41, 5.74) is 1.83. The van der Waals surface area contributed by atoms with Gasteiger partial charge in [0.05, 0.1) is 22.2 Å². The van der Waals surface area contributed by atoms with Crippen LogP contribution in [0.3, 0.4) is 0 Å². The van der Waals surface area contributed by atoms with Crippen LogP contribution in [0.5, 0.6) is 0 Å². The molecule has 0 fully saturated rings. The topological polar surface area (TPSA) is 59.5 Å². The molecule has 1 aromatic heterocycles. The van der Waals surface area contributed by atoms with Gasteiger partial charge in [-0.05, 0) is 31.0 Å². The average molecular weight is 397 g/mol. The summed E-state index contributed by atoms with van der Waals surface area (Å²) in [4.78, 5) is 31.2. The number of benzene rings is 2. The molecule has 1 heterocycles. The molecule has 28 heavy (non-hydrogen) atoms. The zero-order chi connectivity index (χ0) is 20.1. The van der Waals surface area contributed by atoms with Crippen LogP contribution in [0.2, 0.25) is 0 Å². The third-order valence-electron chi connectivity index (χ3n) is 4.87. The minimum absolute atomic E-state index is 0.195. The molecule has 0 unspecified atom stereocenters. The van der Waals surface area contributed by atoms with Gasteiger partial charge in [-0.1, -0.05) is 49.4 Å². The predicted octanol–water partition coefficient (Wildman–Crippen LogP) is 4.55. The molecule has 0 aliphatic rings. The van der Waals surface area contributed by atoms with Gasteiger partial charge in [0, 0.05) is 7.05 Å². The first-order valence-electron chi connectivity index (χ1n) is 9.34. The number of rotatable bonds is 7. The van der Waals surface area contributed by atoms with E-state index >= 15 is 0 Å². The molecule has 146 valence electrons. The zero-order valence-corrected chi connectivity index (χ0v) is 17.1. The fraction of sp³-hybridized carbons (Fsp3) is 0.318. The van der Waals surface area contributed by atoms with Crippen molar-refractivity contribution in [2.75, 3.05) is 13.7 Å². The second-order valence-electron chi connectivity index (χ2n) is 6.68. The Hall–Kier alpha value is -2.73. The molecular weight excluding hydrogens is 372 g/mol. The molecule has 0 spiro atoms. The van der Waals surface area contributed by atoms with Crippen LogP contribution in [0.1, 0.15) is 42.8 Å². The number of likely N-dealkylation sites (N-methyl/N-ethyl adjacent to an activating group) is 1. The van der Waals surface area contributed by atoms with Gasteiger partial charge < -0.3 is 9.64 Å². The summed E-state index contributed by atoms with van der Waals surface area (Å²) in [7, 11) is 1.71. The molecule has 2 atom stereocenters. The number of aromatic nitrogens is 1. The second kappa shape index (κ2) is 8.97. The number of carbonyl (C=O) groups excluding carboxylic acids is 2. The first-order valence-corrected chi connectivity index (χ1v) is 10.2. The van der Waals surface area contributed by atoms with Crippen molar-refractivity contribution >= 4 is 33.4 Å². The smallest absolute Gasteiger partial charge is 0.313 e. The molecule has 5 nitrogen and oxygen atoms in total. The van der Waals surface area contributed by atoms with Crippen molar-refractivity contribution in [1.29, 1.82) is 0 Å². The molecule has 0 saturated carbocycles. The van der Waals surface area contributed by atoms with E-state index in [1.165, 1.54) is 0 Å². The van der Waals surface area contributed by atoms with E-state index in [4.69, 9.17) is 4.74 Å². The normalized spacial score (nSPS) is 13.1. The summed E-state index contributed by atoms with van der Waals surface area (Å²) in [6, 6.07) is 17.2. The van der Waals surface area contributed by atoms with E-state index in [9.17, 15) is 9.59 Å². The minimum atomic E-state index is -0.372. The number of fused-ring (bicyclic) bond motifs is 1. The van der Waals surface area contributed by atoms with Crippen LogP contribution in [0.15, 0.2) is 54.6 Å². The number of hydrogen-bond acceptors (Lipinski definition) is 5. The lowest BCUT2D eigenvalue weighted by atomic mass is 9.97. The van der Waals surface area contributed by atoms with E-state index in [0.29, 0.717) is 6.42 Å². The molecule has 0 aliphatic carbocycles. The number of ether oxygens (including phenoxy) is 1. The zero-order valence-electron chi connectivity index (χ0n) is 16.3. The summed E-state index contributed by atoms with van der Waals surface area (Å²) >= 11 is 1.57. The Morgan fingerprint density at radius 1 is 1.11 bits per heavy atom. The highest BCUT2D eigenvalue weighted by molar-refractivity contribution is 7.18. The SMILES string of the molecule is CC[C@@H](C(=O)OCC(=O)N(C)[C@H](C)c1nc2ccccc2s1)c1ccccc1. The van der Waals surface area contributed by atoms with Gasteiger partial charge in [0.1, 0.15) is 5.01 Å². The van der Waals surface area contributed by atoms with Crippen LogP contribution in [0, 0.1) is 0 Å². The van der Waals surface area contributed by atoms with Gasteiger partial charge in [0.2, 0.25) is 0 Å². The summed E-state index contributed by atoms with van der Waals surface area (Å²) < 4.78 is 6.42. The lowest BCUT2D eigenvalue weighted by molar-refractivity contribution is -0.153. The summed E-state index contributed by atoms with van der Waals surface area (Å²) in [5.74, 6) is -0.980. The summed E-state index contributed by atoms with van der Waals surface area (Å²) in [6.45, 7) is 3.59. The number of hydrogen-bond donors (Lipinski definition) is 0. The van der Waals surface area contributed by atoms with Crippen molar-refractivity contribution in [1.82, 2.24) is 9.88 Å². The van der Waals surface area contributed by atoms with Gasteiger partial charge in [-0.3, -0.25) is 9.59 Å².